The highest BCUT2D eigenvalue weighted by Crippen LogP contribution is 2.07. The van der Waals surface area contributed by atoms with Crippen molar-refractivity contribution in [3.63, 3.8) is 0 Å². The van der Waals surface area contributed by atoms with E-state index in [0.717, 1.165) is 12.0 Å². The minimum atomic E-state index is 0.613. The molecule has 0 aliphatic rings. The van der Waals surface area contributed by atoms with Gasteiger partial charge in [-0.3, -0.25) is 4.98 Å². The van der Waals surface area contributed by atoms with Gasteiger partial charge in [-0.1, -0.05) is 6.08 Å². The molecular weight excluding hydrogens is 124 g/mol. The molecule has 0 saturated carbocycles. The number of hydrogen-bond donors (Lipinski definition) is 1. The van der Waals surface area contributed by atoms with Crippen molar-refractivity contribution in [2.24, 2.45) is 0 Å². The minimum absolute atomic E-state index is 0.613. The standard InChI is InChI=1S/C8H9N2/c1-2-3-7-4-5-10-6-8(7)9/h2,4-5H,1,3,9H2. The van der Waals surface area contributed by atoms with Crippen LogP contribution in [0.15, 0.2) is 24.9 Å². The molecule has 51 valence electrons. The third-order valence-corrected chi connectivity index (χ3v) is 1.25. The molecule has 1 aromatic heterocycles. The second kappa shape index (κ2) is 3.01. The Kier molecular flexibility index (Phi) is 2.05. The summed E-state index contributed by atoms with van der Waals surface area (Å²) in [5.74, 6) is 0. The van der Waals surface area contributed by atoms with Crippen molar-refractivity contribution < 1.29 is 0 Å². The molecule has 2 heteroatoms. The molecule has 0 saturated heterocycles. The van der Waals surface area contributed by atoms with Crippen LogP contribution in [0.25, 0.3) is 0 Å². The van der Waals surface area contributed by atoms with E-state index in [4.69, 9.17) is 5.73 Å². The maximum Gasteiger partial charge on any atom is 0.114 e. The predicted molar refractivity (Wildman–Crippen MR) is 41.4 cm³/mol. The van der Waals surface area contributed by atoms with Crippen molar-refractivity contribution in [3.05, 3.63) is 36.7 Å². The Morgan fingerprint density at radius 1 is 1.80 bits per heavy atom. The van der Waals surface area contributed by atoms with Gasteiger partial charge in [0.1, 0.15) is 6.20 Å². The van der Waals surface area contributed by atoms with Gasteiger partial charge in [0.2, 0.25) is 0 Å². The zero-order chi connectivity index (χ0) is 7.40. The first-order chi connectivity index (χ1) is 4.84. The molecule has 0 fully saturated rings. The minimum Gasteiger partial charge on any atom is -0.397 e. The van der Waals surface area contributed by atoms with Crippen LogP contribution in [0.1, 0.15) is 5.56 Å². The molecule has 0 bridgehead atoms. The van der Waals surface area contributed by atoms with Crippen LogP contribution in [0.3, 0.4) is 0 Å². The molecule has 1 aromatic rings. The van der Waals surface area contributed by atoms with Crippen molar-refractivity contribution in [3.8, 4) is 0 Å². The number of allylic oxidation sites excluding steroid dienone is 1. The Morgan fingerprint density at radius 2 is 2.60 bits per heavy atom. The molecule has 2 nitrogen and oxygen atoms in total. The molecule has 1 radical (unpaired) electrons. The molecule has 2 N–H and O–H groups in total. The summed E-state index contributed by atoms with van der Waals surface area (Å²) in [6, 6.07) is 1.87. The Bertz CT molecular complexity index is 230. The van der Waals surface area contributed by atoms with Gasteiger partial charge in [-0.25, -0.2) is 0 Å². The monoisotopic (exact) mass is 133 g/mol. The van der Waals surface area contributed by atoms with Gasteiger partial charge in [-0.2, -0.15) is 0 Å². The van der Waals surface area contributed by atoms with E-state index in [1.54, 1.807) is 12.3 Å². The van der Waals surface area contributed by atoms with Crippen molar-refractivity contribution in [1.82, 2.24) is 4.98 Å². The molecular formula is C8H9N2. The Balaban J connectivity index is 2.91. The molecule has 1 heterocycles. The lowest BCUT2D eigenvalue weighted by Crippen LogP contribution is -1.93. The normalized spacial score (nSPS) is 9.20. The summed E-state index contributed by atoms with van der Waals surface area (Å²) in [5, 5.41) is 0. The molecule has 0 aliphatic carbocycles. The van der Waals surface area contributed by atoms with Crippen molar-refractivity contribution >= 4 is 5.69 Å². The van der Waals surface area contributed by atoms with Crippen LogP contribution in [0.5, 0.6) is 0 Å². The van der Waals surface area contributed by atoms with Gasteiger partial charge in [0.25, 0.3) is 0 Å². The summed E-state index contributed by atoms with van der Waals surface area (Å²) >= 11 is 0. The number of nitrogens with two attached hydrogens (primary N) is 1. The maximum absolute atomic E-state index is 5.54. The first-order valence-corrected chi connectivity index (χ1v) is 3.06. The van der Waals surface area contributed by atoms with E-state index in [-0.39, 0.29) is 0 Å². The second-order valence-corrected chi connectivity index (χ2v) is 1.99. The van der Waals surface area contributed by atoms with Gasteiger partial charge in [-0.15, -0.1) is 6.58 Å². The fourth-order valence-electron chi connectivity index (χ4n) is 0.729. The van der Waals surface area contributed by atoms with Crippen LogP contribution in [0.2, 0.25) is 0 Å². The molecule has 0 unspecified atom stereocenters. The van der Waals surface area contributed by atoms with Crippen molar-refractivity contribution in [2.45, 2.75) is 6.42 Å². The number of pyridine rings is 1. The van der Waals surface area contributed by atoms with E-state index in [0.29, 0.717) is 5.69 Å². The van der Waals surface area contributed by atoms with Crippen LogP contribution in [0, 0.1) is 6.20 Å². The molecule has 0 aliphatic heterocycles. The highest BCUT2D eigenvalue weighted by molar-refractivity contribution is 5.43. The second-order valence-electron chi connectivity index (χ2n) is 1.99. The van der Waals surface area contributed by atoms with Gasteiger partial charge < -0.3 is 5.73 Å². The van der Waals surface area contributed by atoms with Crippen LogP contribution >= 0.6 is 0 Å². The third kappa shape index (κ3) is 1.35. The number of nitrogens with zero attached hydrogens (tertiary/aromatic N) is 1. The quantitative estimate of drug-likeness (QED) is 0.615. The van der Waals surface area contributed by atoms with Crippen LogP contribution in [-0.2, 0) is 6.42 Å². The molecule has 0 aromatic carbocycles. The highest BCUT2D eigenvalue weighted by Gasteiger charge is 1.93. The van der Waals surface area contributed by atoms with Crippen LogP contribution in [0.4, 0.5) is 5.69 Å². The van der Waals surface area contributed by atoms with Gasteiger partial charge in [0.05, 0.1) is 5.69 Å². The Hall–Kier alpha value is -1.31. The summed E-state index contributed by atoms with van der Waals surface area (Å²) in [7, 11) is 0. The number of anilines is 1. The predicted octanol–water partition coefficient (Wildman–Crippen LogP) is 1.19. The average molecular weight is 133 g/mol. The zero-order valence-electron chi connectivity index (χ0n) is 5.67. The largest absolute Gasteiger partial charge is 0.397 e. The molecule has 0 atom stereocenters. The van der Waals surface area contributed by atoms with Gasteiger partial charge in [0.15, 0.2) is 0 Å². The van der Waals surface area contributed by atoms with E-state index in [1.165, 1.54) is 0 Å². The Labute approximate surface area is 60.4 Å². The fraction of sp³-hybridized carbons (Fsp3) is 0.125. The molecule has 1 rings (SSSR count). The SMILES string of the molecule is C=CCc1ccn[c]c1N. The van der Waals surface area contributed by atoms with E-state index in [9.17, 15) is 0 Å². The number of nitrogen functional groups attached to an aromatic ring is 1. The first kappa shape index (κ1) is 6.81. The van der Waals surface area contributed by atoms with Crippen molar-refractivity contribution in [2.75, 3.05) is 5.73 Å². The molecule has 0 amide bonds. The molecule has 10 heavy (non-hydrogen) atoms. The average Bonchev–Trinajstić information content (AvgIpc) is 1.94. The summed E-state index contributed by atoms with van der Waals surface area (Å²) in [4.78, 5) is 3.74. The van der Waals surface area contributed by atoms with Crippen LogP contribution < -0.4 is 5.73 Å². The highest BCUT2D eigenvalue weighted by atomic mass is 14.7. The van der Waals surface area contributed by atoms with Gasteiger partial charge in [0, 0.05) is 6.20 Å². The lowest BCUT2D eigenvalue weighted by molar-refractivity contribution is 1.21. The van der Waals surface area contributed by atoms with E-state index in [2.05, 4.69) is 17.8 Å². The maximum atomic E-state index is 5.54. The number of hydrogen-bond acceptors (Lipinski definition) is 2. The lowest BCUT2D eigenvalue weighted by Gasteiger charge is -1.97. The smallest absolute Gasteiger partial charge is 0.114 e. The third-order valence-electron chi connectivity index (χ3n) is 1.25. The fourth-order valence-corrected chi connectivity index (χ4v) is 0.729. The Morgan fingerprint density at radius 3 is 3.20 bits per heavy atom. The van der Waals surface area contributed by atoms with Crippen molar-refractivity contribution in [1.29, 1.82) is 0 Å². The summed E-state index contributed by atoms with van der Waals surface area (Å²) in [6.45, 7) is 3.61. The van der Waals surface area contributed by atoms with Gasteiger partial charge in [-0.05, 0) is 18.1 Å². The zero-order valence-corrected chi connectivity index (χ0v) is 5.67. The number of rotatable bonds is 2. The number of aromatic nitrogens is 1. The topological polar surface area (TPSA) is 38.9 Å². The van der Waals surface area contributed by atoms with Crippen LogP contribution in [-0.4, -0.2) is 4.98 Å². The summed E-state index contributed by atoms with van der Waals surface area (Å²) in [6.07, 6.45) is 6.93. The molecule has 0 spiro atoms. The van der Waals surface area contributed by atoms with E-state index < -0.39 is 0 Å². The van der Waals surface area contributed by atoms with E-state index in [1.807, 2.05) is 6.07 Å². The first-order valence-electron chi connectivity index (χ1n) is 3.06. The summed E-state index contributed by atoms with van der Waals surface area (Å²) < 4.78 is 0. The van der Waals surface area contributed by atoms with E-state index >= 15 is 0 Å². The van der Waals surface area contributed by atoms with Gasteiger partial charge >= 0.3 is 0 Å². The summed E-state index contributed by atoms with van der Waals surface area (Å²) in [5.41, 5.74) is 7.19. The lowest BCUT2D eigenvalue weighted by atomic mass is 10.2.